The maximum atomic E-state index is 11.9. The molecule has 10 heteroatoms. The highest BCUT2D eigenvalue weighted by Gasteiger charge is 2.30. The second-order valence-corrected chi connectivity index (χ2v) is 6.50. The highest BCUT2D eigenvalue weighted by Crippen LogP contribution is 2.34. The molecule has 0 bridgehead atoms. The number of nitrogens with zero attached hydrogens (tertiary/aromatic N) is 5. The average Bonchev–Trinajstić information content (AvgIpc) is 2.74. The summed E-state index contributed by atoms with van der Waals surface area (Å²) in [5, 5.41) is 14.8. The average molecular weight is 400 g/mol. The van der Waals surface area contributed by atoms with E-state index in [1.54, 1.807) is 16.7 Å². The number of carbonyl (C=O) groups is 1. The number of nitro groups is 1. The Kier molecular flexibility index (Phi) is 6.43. The predicted molar refractivity (Wildman–Crippen MR) is 109 cm³/mol. The molecule has 0 unspecified atom stereocenters. The van der Waals surface area contributed by atoms with E-state index in [9.17, 15) is 14.9 Å². The molecule has 29 heavy (non-hydrogen) atoms. The lowest BCUT2D eigenvalue weighted by atomic mass is 10.1. The van der Waals surface area contributed by atoms with E-state index in [2.05, 4.69) is 22.2 Å². The number of anilines is 3. The van der Waals surface area contributed by atoms with Gasteiger partial charge >= 0.3 is 11.8 Å². The van der Waals surface area contributed by atoms with Crippen LogP contribution in [0.5, 0.6) is 0 Å². The Morgan fingerprint density at radius 2 is 1.86 bits per heavy atom. The number of nitrogens with one attached hydrogen (secondary N) is 1. The van der Waals surface area contributed by atoms with Crippen molar-refractivity contribution < 1.29 is 14.5 Å². The van der Waals surface area contributed by atoms with Crippen molar-refractivity contribution in [3.63, 3.8) is 0 Å². The van der Waals surface area contributed by atoms with Crippen LogP contribution in [0.3, 0.4) is 0 Å². The Bertz CT molecular complexity index is 866. The third-order valence-electron chi connectivity index (χ3n) is 4.72. The molecule has 2 heterocycles. The van der Waals surface area contributed by atoms with Gasteiger partial charge in [-0.2, -0.15) is 0 Å². The summed E-state index contributed by atoms with van der Waals surface area (Å²) in [6.07, 6.45) is 1.85. The number of benzene rings is 1. The zero-order valence-electron chi connectivity index (χ0n) is 16.5. The van der Waals surface area contributed by atoms with E-state index in [0.717, 1.165) is 6.42 Å². The Labute approximate surface area is 168 Å². The summed E-state index contributed by atoms with van der Waals surface area (Å²) in [4.78, 5) is 34.8. The molecular formula is C19H24N6O4. The zero-order valence-corrected chi connectivity index (χ0v) is 16.5. The minimum atomic E-state index is -0.476. The van der Waals surface area contributed by atoms with Crippen molar-refractivity contribution in [3.05, 3.63) is 46.3 Å². The second-order valence-electron chi connectivity index (χ2n) is 6.50. The van der Waals surface area contributed by atoms with E-state index >= 15 is 0 Å². The van der Waals surface area contributed by atoms with E-state index in [1.165, 1.54) is 11.9 Å². The molecule has 1 aliphatic rings. The maximum Gasteiger partial charge on any atom is 0.409 e. The van der Waals surface area contributed by atoms with Crippen molar-refractivity contribution in [2.75, 3.05) is 43.0 Å². The van der Waals surface area contributed by atoms with Crippen LogP contribution >= 0.6 is 0 Å². The number of hydrogen-bond donors (Lipinski definition) is 1. The van der Waals surface area contributed by atoms with Gasteiger partial charge in [-0.05, 0) is 31.0 Å². The number of ether oxygens (including phenoxy) is 1. The molecule has 1 amide bonds. The summed E-state index contributed by atoms with van der Waals surface area (Å²) >= 11 is 0. The van der Waals surface area contributed by atoms with E-state index in [4.69, 9.17) is 4.74 Å². The number of aryl methyl sites for hydroxylation is 1. The third kappa shape index (κ3) is 4.71. The van der Waals surface area contributed by atoms with E-state index < -0.39 is 4.92 Å². The Morgan fingerprint density at radius 1 is 1.17 bits per heavy atom. The zero-order chi connectivity index (χ0) is 20.8. The van der Waals surface area contributed by atoms with E-state index in [1.807, 2.05) is 24.3 Å². The van der Waals surface area contributed by atoms with Crippen LogP contribution in [-0.4, -0.2) is 58.7 Å². The fourth-order valence-electron chi connectivity index (χ4n) is 3.14. The molecule has 10 nitrogen and oxygen atoms in total. The SMILES string of the molecule is CCOC(=O)N1CCN(c2ncnc(Nc3ccc(CC)cc3)c2[N+](=O)[O-])CC1. The first-order valence-electron chi connectivity index (χ1n) is 9.55. The van der Waals surface area contributed by atoms with Crippen molar-refractivity contribution in [1.29, 1.82) is 0 Å². The lowest BCUT2D eigenvalue weighted by Crippen LogP contribution is -2.49. The molecule has 0 radical (unpaired) electrons. The molecule has 1 aromatic heterocycles. The number of amides is 1. The maximum absolute atomic E-state index is 11.9. The van der Waals surface area contributed by atoms with Crippen molar-refractivity contribution in [1.82, 2.24) is 14.9 Å². The molecule has 1 saturated heterocycles. The number of hydrogen-bond acceptors (Lipinski definition) is 8. The van der Waals surface area contributed by atoms with Crippen LogP contribution in [0.4, 0.5) is 27.8 Å². The molecular weight excluding hydrogens is 376 g/mol. The minimum absolute atomic E-state index is 0.136. The molecule has 0 aliphatic carbocycles. The highest BCUT2D eigenvalue weighted by atomic mass is 16.6. The fourth-order valence-corrected chi connectivity index (χ4v) is 3.14. The van der Waals surface area contributed by atoms with Crippen LogP contribution < -0.4 is 10.2 Å². The number of carbonyl (C=O) groups excluding carboxylic acids is 1. The number of rotatable bonds is 6. The van der Waals surface area contributed by atoms with Gasteiger partial charge in [0.05, 0.1) is 11.5 Å². The van der Waals surface area contributed by atoms with E-state index in [-0.39, 0.29) is 23.4 Å². The van der Waals surface area contributed by atoms with Crippen molar-refractivity contribution in [2.24, 2.45) is 0 Å². The van der Waals surface area contributed by atoms with Gasteiger partial charge in [0, 0.05) is 31.9 Å². The first-order valence-corrected chi connectivity index (χ1v) is 9.55. The van der Waals surface area contributed by atoms with Crippen LogP contribution in [0.1, 0.15) is 19.4 Å². The summed E-state index contributed by atoms with van der Waals surface area (Å²) in [5.74, 6) is 0.373. The van der Waals surface area contributed by atoms with Gasteiger partial charge in [-0.15, -0.1) is 0 Å². The van der Waals surface area contributed by atoms with Crippen molar-refractivity contribution in [2.45, 2.75) is 20.3 Å². The van der Waals surface area contributed by atoms with Gasteiger partial charge in [0.2, 0.25) is 11.6 Å². The first-order chi connectivity index (χ1) is 14.0. The van der Waals surface area contributed by atoms with Crippen LogP contribution in [-0.2, 0) is 11.2 Å². The lowest BCUT2D eigenvalue weighted by Gasteiger charge is -2.34. The number of aromatic nitrogens is 2. The standard InChI is InChI=1S/C19H24N6O4/c1-3-14-5-7-15(8-6-14)22-17-16(25(27)28)18(21-13-20-17)23-9-11-24(12-10-23)19(26)29-4-2/h5-8,13H,3-4,9-12H2,1-2H3,(H,20,21,22). The van der Waals surface area contributed by atoms with Gasteiger partial charge in [0.1, 0.15) is 6.33 Å². The molecule has 1 N–H and O–H groups in total. The molecule has 0 atom stereocenters. The topological polar surface area (TPSA) is 114 Å². The summed E-state index contributed by atoms with van der Waals surface area (Å²) < 4.78 is 5.01. The van der Waals surface area contributed by atoms with Gasteiger partial charge in [-0.3, -0.25) is 10.1 Å². The Balaban J connectivity index is 1.80. The van der Waals surface area contributed by atoms with Crippen molar-refractivity contribution >= 4 is 29.1 Å². The molecule has 2 aromatic rings. The van der Waals surface area contributed by atoms with Crippen LogP contribution in [0.2, 0.25) is 0 Å². The quantitative estimate of drug-likeness (QED) is 0.581. The highest BCUT2D eigenvalue weighted by molar-refractivity contribution is 5.75. The Hall–Kier alpha value is -3.43. The minimum Gasteiger partial charge on any atom is -0.450 e. The summed E-state index contributed by atoms with van der Waals surface area (Å²) in [6.45, 7) is 5.77. The largest absolute Gasteiger partial charge is 0.450 e. The van der Waals surface area contributed by atoms with Gasteiger partial charge in [0.25, 0.3) is 0 Å². The molecule has 0 saturated carbocycles. The molecule has 0 spiro atoms. The number of piperazine rings is 1. The lowest BCUT2D eigenvalue weighted by molar-refractivity contribution is -0.383. The third-order valence-corrected chi connectivity index (χ3v) is 4.72. The predicted octanol–water partition coefficient (Wildman–Crippen LogP) is 2.97. The Morgan fingerprint density at radius 3 is 2.45 bits per heavy atom. The van der Waals surface area contributed by atoms with Gasteiger partial charge in [-0.1, -0.05) is 19.1 Å². The first kappa shape index (κ1) is 20.3. The molecule has 1 aromatic carbocycles. The summed E-state index contributed by atoms with van der Waals surface area (Å²) in [7, 11) is 0. The molecule has 3 rings (SSSR count). The molecule has 1 fully saturated rings. The van der Waals surface area contributed by atoms with Gasteiger partial charge in [-0.25, -0.2) is 14.8 Å². The molecule has 1 aliphatic heterocycles. The summed E-state index contributed by atoms with van der Waals surface area (Å²) in [5.41, 5.74) is 1.70. The normalized spacial score (nSPS) is 13.9. The van der Waals surface area contributed by atoms with Gasteiger partial charge < -0.3 is 19.9 Å². The second kappa shape index (κ2) is 9.18. The van der Waals surface area contributed by atoms with E-state index in [0.29, 0.717) is 38.5 Å². The smallest absolute Gasteiger partial charge is 0.409 e. The van der Waals surface area contributed by atoms with Crippen molar-refractivity contribution in [3.8, 4) is 0 Å². The van der Waals surface area contributed by atoms with Crippen LogP contribution in [0.25, 0.3) is 0 Å². The molecule has 154 valence electrons. The fraction of sp³-hybridized carbons (Fsp3) is 0.421. The van der Waals surface area contributed by atoms with Crippen LogP contribution in [0.15, 0.2) is 30.6 Å². The monoisotopic (exact) mass is 400 g/mol. The van der Waals surface area contributed by atoms with Crippen LogP contribution in [0, 0.1) is 10.1 Å². The summed E-state index contributed by atoms with van der Waals surface area (Å²) in [6, 6.07) is 7.65. The van der Waals surface area contributed by atoms with Gasteiger partial charge in [0.15, 0.2) is 0 Å².